The van der Waals surface area contributed by atoms with Crippen LogP contribution in [0.5, 0.6) is 0 Å². The number of nitrogens with one attached hydrogen (secondary N) is 1. The van der Waals surface area contributed by atoms with Crippen LogP contribution >= 0.6 is 11.8 Å². The van der Waals surface area contributed by atoms with Crippen LogP contribution in [-0.4, -0.2) is 39.1 Å². The van der Waals surface area contributed by atoms with E-state index in [0.717, 1.165) is 19.4 Å². The second-order valence-electron chi connectivity index (χ2n) is 8.91. The van der Waals surface area contributed by atoms with E-state index in [0.29, 0.717) is 33.3 Å². The largest absolute Gasteiger partial charge is 0.338 e. The van der Waals surface area contributed by atoms with Gasteiger partial charge in [0.05, 0.1) is 16.7 Å². The number of H-pyrrole nitrogens is 1. The van der Waals surface area contributed by atoms with Gasteiger partial charge in [0.1, 0.15) is 0 Å². The van der Waals surface area contributed by atoms with Gasteiger partial charge in [-0.1, -0.05) is 44.7 Å². The fourth-order valence-electron chi connectivity index (χ4n) is 5.10. The summed E-state index contributed by atoms with van der Waals surface area (Å²) < 4.78 is 0. The van der Waals surface area contributed by atoms with Gasteiger partial charge >= 0.3 is 0 Å². The van der Waals surface area contributed by atoms with E-state index in [2.05, 4.69) is 35.6 Å². The number of hydrogen-bond donors (Lipinski definition) is 1. The predicted molar refractivity (Wildman–Crippen MR) is 104 cm³/mol. The fraction of sp³-hybridized carbons (Fsp3) is 0.550. The molecule has 2 bridgehead atoms. The van der Waals surface area contributed by atoms with Crippen LogP contribution < -0.4 is 5.56 Å². The molecule has 0 radical (unpaired) electrons. The number of benzene rings is 1. The Kier molecular flexibility index (Phi) is 4.14. The number of amides is 1. The molecule has 5 nitrogen and oxygen atoms in total. The molecule has 4 rings (SSSR count). The number of hydrogen-bond acceptors (Lipinski definition) is 4. The number of fused-ring (bicyclic) bond motifs is 3. The van der Waals surface area contributed by atoms with E-state index in [-0.39, 0.29) is 16.9 Å². The summed E-state index contributed by atoms with van der Waals surface area (Å²) in [5, 5.41) is 1.09. The number of thioether (sulfide) groups is 1. The van der Waals surface area contributed by atoms with Gasteiger partial charge in [0.25, 0.3) is 5.56 Å². The maximum atomic E-state index is 12.8. The van der Waals surface area contributed by atoms with Crippen LogP contribution in [0.1, 0.15) is 40.0 Å². The minimum absolute atomic E-state index is 0.150. The van der Waals surface area contributed by atoms with Crippen molar-refractivity contribution in [3.05, 3.63) is 34.6 Å². The Bertz CT molecular complexity index is 923. The highest BCUT2D eigenvalue weighted by molar-refractivity contribution is 7.99. The molecule has 1 aliphatic heterocycles. The normalized spacial score (nSPS) is 27.0. The highest BCUT2D eigenvalue weighted by atomic mass is 32.2. The molecule has 2 unspecified atom stereocenters. The summed E-state index contributed by atoms with van der Waals surface area (Å²) >= 11 is 1.32. The number of carbonyl (C=O) groups is 1. The monoisotopic (exact) mass is 371 g/mol. The molecule has 1 amide bonds. The average Bonchev–Trinajstić information content (AvgIpc) is 2.81. The number of aromatic nitrogens is 2. The molecule has 2 fully saturated rings. The number of rotatable bonds is 3. The summed E-state index contributed by atoms with van der Waals surface area (Å²) in [7, 11) is 0. The fourth-order valence-corrected chi connectivity index (χ4v) is 5.85. The topological polar surface area (TPSA) is 66.1 Å². The number of aromatic amines is 1. The number of para-hydroxylation sites is 1. The lowest BCUT2D eigenvalue weighted by molar-refractivity contribution is -0.129. The Morgan fingerprint density at radius 3 is 2.88 bits per heavy atom. The molecule has 6 heteroatoms. The molecule has 138 valence electrons. The quantitative estimate of drug-likeness (QED) is 0.663. The Hall–Kier alpha value is -1.82. The second kappa shape index (κ2) is 6.12. The first-order valence-electron chi connectivity index (χ1n) is 9.16. The van der Waals surface area contributed by atoms with Gasteiger partial charge in [0, 0.05) is 12.6 Å². The zero-order valence-corrected chi connectivity index (χ0v) is 16.4. The molecule has 1 saturated heterocycles. The first-order chi connectivity index (χ1) is 12.2. The molecule has 2 aromatic rings. The van der Waals surface area contributed by atoms with Gasteiger partial charge in [-0.05, 0) is 42.2 Å². The maximum Gasteiger partial charge on any atom is 0.259 e. The van der Waals surface area contributed by atoms with Crippen molar-refractivity contribution in [1.82, 2.24) is 14.9 Å². The zero-order valence-electron chi connectivity index (χ0n) is 15.5. The van der Waals surface area contributed by atoms with Crippen LogP contribution in [0.25, 0.3) is 10.9 Å². The number of nitrogens with zero attached hydrogens (tertiary/aromatic N) is 2. The molecule has 1 aliphatic carbocycles. The second-order valence-corrected chi connectivity index (χ2v) is 9.88. The van der Waals surface area contributed by atoms with Gasteiger partial charge in [-0.2, -0.15) is 0 Å². The summed E-state index contributed by atoms with van der Waals surface area (Å²) in [5.74, 6) is 0.464. The van der Waals surface area contributed by atoms with Gasteiger partial charge in [-0.3, -0.25) is 9.59 Å². The highest BCUT2D eigenvalue weighted by Crippen LogP contribution is 2.52. The van der Waals surface area contributed by atoms with E-state index in [1.807, 2.05) is 18.2 Å². The molecule has 2 heterocycles. The minimum Gasteiger partial charge on any atom is -0.338 e. The molecule has 1 N–H and O–H groups in total. The Balaban J connectivity index is 1.47. The molecule has 0 spiro atoms. The molecule has 1 aromatic heterocycles. The molecular weight excluding hydrogens is 346 g/mol. The molecule has 2 atom stereocenters. The molecule has 1 saturated carbocycles. The third-order valence-electron chi connectivity index (χ3n) is 5.66. The minimum atomic E-state index is -0.156. The summed E-state index contributed by atoms with van der Waals surface area (Å²) in [4.78, 5) is 34.3. The number of likely N-dealkylation sites (tertiary alicyclic amines) is 1. The predicted octanol–water partition coefficient (Wildman–Crippen LogP) is 3.44. The Labute approximate surface area is 157 Å². The molecule has 2 aliphatic rings. The highest BCUT2D eigenvalue weighted by Gasteiger charge is 2.50. The summed E-state index contributed by atoms with van der Waals surface area (Å²) in [6.45, 7) is 7.78. The van der Waals surface area contributed by atoms with Crippen LogP contribution in [0.4, 0.5) is 0 Å². The van der Waals surface area contributed by atoms with Gasteiger partial charge in [0.15, 0.2) is 5.16 Å². The van der Waals surface area contributed by atoms with Gasteiger partial charge in [0.2, 0.25) is 5.91 Å². The number of carbonyl (C=O) groups excluding carboxylic acids is 1. The van der Waals surface area contributed by atoms with E-state index in [4.69, 9.17) is 0 Å². The van der Waals surface area contributed by atoms with Crippen LogP contribution in [0.3, 0.4) is 0 Å². The van der Waals surface area contributed by atoms with Crippen molar-refractivity contribution in [1.29, 1.82) is 0 Å². The average molecular weight is 372 g/mol. The first-order valence-corrected chi connectivity index (χ1v) is 10.1. The van der Waals surface area contributed by atoms with Crippen molar-refractivity contribution in [2.45, 2.75) is 51.2 Å². The van der Waals surface area contributed by atoms with Crippen molar-refractivity contribution >= 4 is 28.6 Å². The van der Waals surface area contributed by atoms with Crippen molar-refractivity contribution in [3.8, 4) is 0 Å². The Morgan fingerprint density at radius 1 is 1.31 bits per heavy atom. The smallest absolute Gasteiger partial charge is 0.259 e. The summed E-state index contributed by atoms with van der Waals surface area (Å²) in [6.07, 6.45) is 3.36. The molecular formula is C20H25N3O2S. The van der Waals surface area contributed by atoms with E-state index in [9.17, 15) is 9.59 Å². The lowest BCUT2D eigenvalue weighted by Crippen LogP contribution is -2.38. The lowest BCUT2D eigenvalue weighted by atomic mass is 9.65. The standard InChI is InChI=1S/C20H25N3O2S/c1-19(2)8-13-9-20(3,11-19)12-23(13)16(24)10-26-18-21-15-7-5-4-6-14(15)17(25)22-18/h4-7,13H,8-12H2,1-3H3,(H,21,22,25). The molecule has 26 heavy (non-hydrogen) atoms. The SMILES string of the molecule is CC1(C)CC2CC(C)(CN2C(=O)CSc2nc3ccccc3c(=O)[nH]2)C1. The lowest BCUT2D eigenvalue weighted by Gasteiger charge is -2.39. The van der Waals surface area contributed by atoms with Crippen LogP contribution in [-0.2, 0) is 4.79 Å². The van der Waals surface area contributed by atoms with Crippen LogP contribution in [0.2, 0.25) is 0 Å². The zero-order chi connectivity index (χ0) is 18.5. The van der Waals surface area contributed by atoms with Gasteiger partial charge in [-0.15, -0.1) is 0 Å². The van der Waals surface area contributed by atoms with Gasteiger partial charge in [-0.25, -0.2) is 4.98 Å². The van der Waals surface area contributed by atoms with Crippen LogP contribution in [0.15, 0.2) is 34.2 Å². The first kappa shape index (κ1) is 17.6. The Morgan fingerprint density at radius 2 is 2.08 bits per heavy atom. The van der Waals surface area contributed by atoms with Crippen molar-refractivity contribution in [3.63, 3.8) is 0 Å². The third-order valence-corrected chi connectivity index (χ3v) is 6.52. The van der Waals surface area contributed by atoms with E-state index in [1.165, 1.54) is 18.2 Å². The van der Waals surface area contributed by atoms with E-state index < -0.39 is 0 Å². The van der Waals surface area contributed by atoms with Crippen molar-refractivity contribution in [2.75, 3.05) is 12.3 Å². The van der Waals surface area contributed by atoms with Gasteiger partial charge < -0.3 is 9.88 Å². The summed E-state index contributed by atoms with van der Waals surface area (Å²) in [6, 6.07) is 7.61. The maximum absolute atomic E-state index is 12.8. The van der Waals surface area contributed by atoms with E-state index >= 15 is 0 Å². The van der Waals surface area contributed by atoms with Crippen molar-refractivity contribution in [2.24, 2.45) is 10.8 Å². The summed E-state index contributed by atoms with van der Waals surface area (Å²) in [5.41, 5.74) is 1.04. The van der Waals surface area contributed by atoms with Crippen molar-refractivity contribution < 1.29 is 4.79 Å². The van der Waals surface area contributed by atoms with Crippen LogP contribution in [0, 0.1) is 10.8 Å². The third kappa shape index (κ3) is 3.27. The molecule has 1 aromatic carbocycles. The van der Waals surface area contributed by atoms with E-state index in [1.54, 1.807) is 6.07 Å².